The standard InChI is InChI=1S/C21H18ClN3O2/c1-13-5-3-4-6-17(13)24-20(26)15-9-10-23-19(11-15)21(27)25-18-12-16(22)8-7-14(18)2/h3-12H,1-2H3,(H,24,26)(H,25,27). The molecule has 0 spiro atoms. The van der Waals surface area contributed by atoms with E-state index in [-0.39, 0.29) is 11.6 Å². The number of rotatable bonds is 4. The van der Waals surface area contributed by atoms with Crippen LogP contribution >= 0.6 is 11.6 Å². The van der Waals surface area contributed by atoms with Gasteiger partial charge in [-0.15, -0.1) is 0 Å². The molecule has 0 saturated heterocycles. The number of halogens is 1. The van der Waals surface area contributed by atoms with Crippen LogP contribution in [-0.2, 0) is 0 Å². The molecule has 0 atom stereocenters. The number of carbonyl (C=O) groups is 2. The van der Waals surface area contributed by atoms with Gasteiger partial charge in [0, 0.05) is 28.2 Å². The van der Waals surface area contributed by atoms with Gasteiger partial charge in [0.05, 0.1) is 0 Å². The molecular weight excluding hydrogens is 362 g/mol. The smallest absolute Gasteiger partial charge is 0.274 e. The quantitative estimate of drug-likeness (QED) is 0.680. The number of aromatic nitrogens is 1. The summed E-state index contributed by atoms with van der Waals surface area (Å²) < 4.78 is 0. The van der Waals surface area contributed by atoms with Crippen molar-refractivity contribution in [3.8, 4) is 0 Å². The maximum absolute atomic E-state index is 12.5. The lowest BCUT2D eigenvalue weighted by atomic mass is 10.1. The molecule has 0 aliphatic heterocycles. The van der Waals surface area contributed by atoms with E-state index >= 15 is 0 Å². The molecule has 0 bridgehead atoms. The number of pyridine rings is 1. The minimum Gasteiger partial charge on any atom is -0.322 e. The van der Waals surface area contributed by atoms with Gasteiger partial charge in [0.15, 0.2) is 0 Å². The molecule has 1 heterocycles. The molecule has 0 radical (unpaired) electrons. The van der Waals surface area contributed by atoms with Crippen molar-refractivity contribution in [3.63, 3.8) is 0 Å². The third-order valence-corrected chi connectivity index (χ3v) is 4.33. The number of para-hydroxylation sites is 1. The van der Waals surface area contributed by atoms with Crippen molar-refractivity contribution in [2.75, 3.05) is 10.6 Å². The van der Waals surface area contributed by atoms with Crippen LogP contribution in [0.15, 0.2) is 60.8 Å². The molecule has 0 aliphatic rings. The molecule has 3 aromatic rings. The summed E-state index contributed by atoms with van der Waals surface area (Å²) in [4.78, 5) is 29.1. The number of nitrogens with one attached hydrogen (secondary N) is 2. The predicted octanol–water partition coefficient (Wildman–Crippen LogP) is 4.86. The van der Waals surface area contributed by atoms with Gasteiger partial charge in [0.25, 0.3) is 11.8 Å². The Bertz CT molecular complexity index is 1020. The van der Waals surface area contributed by atoms with E-state index in [4.69, 9.17) is 11.6 Å². The van der Waals surface area contributed by atoms with Crippen molar-refractivity contribution in [3.05, 3.63) is 88.2 Å². The molecule has 0 fully saturated rings. The Labute approximate surface area is 162 Å². The molecule has 0 unspecified atom stereocenters. The first-order valence-electron chi connectivity index (χ1n) is 8.34. The summed E-state index contributed by atoms with van der Waals surface area (Å²) in [7, 11) is 0. The molecule has 3 rings (SSSR count). The number of carbonyl (C=O) groups excluding carboxylic acids is 2. The summed E-state index contributed by atoms with van der Waals surface area (Å²) in [5.74, 6) is -0.717. The fourth-order valence-corrected chi connectivity index (χ4v) is 2.69. The van der Waals surface area contributed by atoms with Gasteiger partial charge in [0.2, 0.25) is 0 Å². The Morgan fingerprint density at radius 3 is 2.33 bits per heavy atom. The molecule has 2 amide bonds. The van der Waals surface area contributed by atoms with E-state index in [1.807, 2.05) is 44.2 Å². The first kappa shape index (κ1) is 18.6. The Kier molecular flexibility index (Phi) is 5.52. The van der Waals surface area contributed by atoms with Gasteiger partial charge in [-0.1, -0.05) is 35.9 Å². The Balaban J connectivity index is 1.78. The molecule has 5 nitrogen and oxygen atoms in total. The highest BCUT2D eigenvalue weighted by Gasteiger charge is 2.14. The predicted molar refractivity (Wildman–Crippen MR) is 108 cm³/mol. The van der Waals surface area contributed by atoms with Gasteiger partial charge in [-0.2, -0.15) is 0 Å². The lowest BCUT2D eigenvalue weighted by Crippen LogP contribution is -2.17. The minimum atomic E-state index is -0.411. The SMILES string of the molecule is Cc1ccccc1NC(=O)c1ccnc(C(=O)Nc2cc(Cl)ccc2C)c1. The van der Waals surface area contributed by atoms with E-state index in [2.05, 4.69) is 15.6 Å². The first-order valence-corrected chi connectivity index (χ1v) is 8.72. The second-order valence-corrected chi connectivity index (χ2v) is 6.55. The average Bonchev–Trinajstić information content (AvgIpc) is 2.66. The summed E-state index contributed by atoms with van der Waals surface area (Å²) in [6.45, 7) is 3.78. The summed E-state index contributed by atoms with van der Waals surface area (Å²) in [5.41, 5.74) is 3.65. The lowest BCUT2D eigenvalue weighted by Gasteiger charge is -2.10. The van der Waals surface area contributed by atoms with Crippen LogP contribution in [0.1, 0.15) is 32.0 Å². The van der Waals surface area contributed by atoms with Gasteiger partial charge >= 0.3 is 0 Å². The van der Waals surface area contributed by atoms with Crippen LogP contribution in [0.2, 0.25) is 5.02 Å². The van der Waals surface area contributed by atoms with Gasteiger partial charge in [0.1, 0.15) is 5.69 Å². The monoisotopic (exact) mass is 379 g/mol. The van der Waals surface area contributed by atoms with E-state index in [1.165, 1.54) is 12.3 Å². The number of aryl methyl sites for hydroxylation is 2. The highest BCUT2D eigenvalue weighted by atomic mass is 35.5. The van der Waals surface area contributed by atoms with Gasteiger partial charge < -0.3 is 10.6 Å². The van der Waals surface area contributed by atoms with Crippen LogP contribution < -0.4 is 10.6 Å². The van der Waals surface area contributed by atoms with Crippen LogP contribution in [0.25, 0.3) is 0 Å². The summed E-state index contributed by atoms with van der Waals surface area (Å²) in [6.07, 6.45) is 1.44. The maximum Gasteiger partial charge on any atom is 0.274 e. The van der Waals surface area contributed by atoms with Crippen molar-refractivity contribution in [1.82, 2.24) is 4.98 Å². The van der Waals surface area contributed by atoms with Crippen molar-refractivity contribution < 1.29 is 9.59 Å². The Morgan fingerprint density at radius 2 is 1.56 bits per heavy atom. The largest absolute Gasteiger partial charge is 0.322 e. The van der Waals surface area contributed by atoms with Crippen LogP contribution in [0, 0.1) is 13.8 Å². The second kappa shape index (κ2) is 8.01. The molecule has 0 saturated carbocycles. The van der Waals surface area contributed by atoms with E-state index in [1.54, 1.807) is 18.2 Å². The van der Waals surface area contributed by atoms with Crippen LogP contribution in [0.4, 0.5) is 11.4 Å². The molecule has 2 aromatic carbocycles. The molecule has 2 N–H and O–H groups in total. The molecule has 136 valence electrons. The first-order chi connectivity index (χ1) is 12.9. The third kappa shape index (κ3) is 4.51. The van der Waals surface area contributed by atoms with Crippen molar-refractivity contribution in [2.24, 2.45) is 0 Å². The zero-order valence-corrected chi connectivity index (χ0v) is 15.7. The maximum atomic E-state index is 12.5. The zero-order valence-electron chi connectivity index (χ0n) is 14.9. The van der Waals surface area contributed by atoms with Crippen molar-refractivity contribution in [2.45, 2.75) is 13.8 Å². The lowest BCUT2D eigenvalue weighted by molar-refractivity contribution is 0.102. The zero-order chi connectivity index (χ0) is 19.4. The molecule has 6 heteroatoms. The second-order valence-electron chi connectivity index (χ2n) is 6.11. The summed E-state index contributed by atoms with van der Waals surface area (Å²) in [6, 6.07) is 15.7. The van der Waals surface area contributed by atoms with Gasteiger partial charge in [-0.3, -0.25) is 14.6 Å². The van der Waals surface area contributed by atoms with E-state index in [0.717, 1.165) is 16.8 Å². The number of amides is 2. The third-order valence-electron chi connectivity index (χ3n) is 4.10. The van der Waals surface area contributed by atoms with Gasteiger partial charge in [-0.05, 0) is 55.3 Å². The Hall–Kier alpha value is -3.18. The topological polar surface area (TPSA) is 71.1 Å². The van der Waals surface area contributed by atoms with E-state index in [0.29, 0.717) is 16.3 Å². The van der Waals surface area contributed by atoms with Crippen LogP contribution in [-0.4, -0.2) is 16.8 Å². The average molecular weight is 380 g/mol. The Morgan fingerprint density at radius 1 is 0.852 bits per heavy atom. The number of hydrogen-bond donors (Lipinski definition) is 2. The molecule has 1 aromatic heterocycles. The van der Waals surface area contributed by atoms with Crippen LogP contribution in [0.5, 0.6) is 0 Å². The van der Waals surface area contributed by atoms with Gasteiger partial charge in [-0.25, -0.2) is 0 Å². The summed E-state index contributed by atoms with van der Waals surface area (Å²) in [5, 5.41) is 6.14. The molecule has 0 aliphatic carbocycles. The fourth-order valence-electron chi connectivity index (χ4n) is 2.52. The van der Waals surface area contributed by atoms with Crippen LogP contribution in [0.3, 0.4) is 0 Å². The normalized spacial score (nSPS) is 10.3. The van der Waals surface area contributed by atoms with E-state index in [9.17, 15) is 9.59 Å². The highest BCUT2D eigenvalue weighted by Crippen LogP contribution is 2.21. The minimum absolute atomic E-state index is 0.145. The number of benzene rings is 2. The highest BCUT2D eigenvalue weighted by molar-refractivity contribution is 6.31. The molecular formula is C21H18ClN3O2. The van der Waals surface area contributed by atoms with Crippen molar-refractivity contribution in [1.29, 1.82) is 0 Å². The number of nitrogens with zero attached hydrogens (tertiary/aromatic N) is 1. The summed E-state index contributed by atoms with van der Waals surface area (Å²) >= 11 is 5.98. The number of hydrogen-bond acceptors (Lipinski definition) is 3. The molecule has 27 heavy (non-hydrogen) atoms. The van der Waals surface area contributed by atoms with E-state index < -0.39 is 5.91 Å². The number of anilines is 2. The fraction of sp³-hybridized carbons (Fsp3) is 0.0952. The van der Waals surface area contributed by atoms with Crippen molar-refractivity contribution >= 4 is 34.8 Å².